The van der Waals surface area contributed by atoms with Gasteiger partial charge in [-0.3, -0.25) is 0 Å². The third kappa shape index (κ3) is 2.80. The lowest BCUT2D eigenvalue weighted by Crippen LogP contribution is -2.16. The van der Waals surface area contributed by atoms with Crippen molar-refractivity contribution in [3.05, 3.63) is 46.0 Å². The molecule has 1 atom stereocenters. The van der Waals surface area contributed by atoms with Crippen molar-refractivity contribution in [1.82, 2.24) is 15.0 Å². The molecule has 0 saturated carbocycles. The van der Waals surface area contributed by atoms with Crippen LogP contribution in [0, 0.1) is 0 Å². The van der Waals surface area contributed by atoms with E-state index in [0.717, 1.165) is 19.3 Å². The summed E-state index contributed by atoms with van der Waals surface area (Å²) in [4.78, 5) is 11.6. The minimum absolute atomic E-state index is 0.0408. The summed E-state index contributed by atoms with van der Waals surface area (Å²) in [5, 5.41) is 0.0817. The first-order valence-electron chi connectivity index (χ1n) is 6.04. The second kappa shape index (κ2) is 5.31. The van der Waals surface area contributed by atoms with E-state index in [4.69, 9.17) is 27.9 Å². The van der Waals surface area contributed by atoms with Gasteiger partial charge in [-0.25, -0.2) is 0 Å². The Morgan fingerprint density at radius 2 is 1.79 bits per heavy atom. The predicted molar refractivity (Wildman–Crippen MR) is 72.6 cm³/mol. The smallest absolute Gasteiger partial charge is 0.322 e. The fourth-order valence-electron chi connectivity index (χ4n) is 2.32. The van der Waals surface area contributed by atoms with Gasteiger partial charge in [-0.1, -0.05) is 24.3 Å². The zero-order chi connectivity index (χ0) is 13.2. The van der Waals surface area contributed by atoms with Crippen LogP contribution in [0.25, 0.3) is 0 Å². The van der Waals surface area contributed by atoms with Crippen LogP contribution in [0.5, 0.6) is 6.01 Å². The van der Waals surface area contributed by atoms with Crippen LogP contribution in [-0.4, -0.2) is 15.0 Å². The number of benzene rings is 1. The van der Waals surface area contributed by atoms with Crippen LogP contribution in [0.3, 0.4) is 0 Å². The third-order valence-corrected chi connectivity index (χ3v) is 3.46. The first kappa shape index (κ1) is 12.6. The maximum atomic E-state index is 5.81. The first-order valence-corrected chi connectivity index (χ1v) is 6.79. The van der Waals surface area contributed by atoms with Gasteiger partial charge >= 0.3 is 6.01 Å². The van der Waals surface area contributed by atoms with Crippen molar-refractivity contribution in [3.8, 4) is 6.01 Å². The van der Waals surface area contributed by atoms with Gasteiger partial charge in [0.2, 0.25) is 10.6 Å². The largest absolute Gasteiger partial charge is 0.455 e. The summed E-state index contributed by atoms with van der Waals surface area (Å²) in [6.45, 7) is 0. The fourth-order valence-corrected chi connectivity index (χ4v) is 2.67. The molecule has 6 heteroatoms. The molecule has 1 unspecified atom stereocenters. The Hall–Kier alpha value is -1.39. The molecule has 0 fully saturated rings. The Labute approximate surface area is 120 Å². The van der Waals surface area contributed by atoms with Crippen LogP contribution in [0.1, 0.15) is 30.1 Å². The van der Waals surface area contributed by atoms with Gasteiger partial charge in [0.1, 0.15) is 6.10 Å². The number of fused-ring (bicyclic) bond motifs is 1. The van der Waals surface area contributed by atoms with Gasteiger partial charge in [-0.15, -0.1) is 0 Å². The number of hydrogen-bond donors (Lipinski definition) is 0. The standard InChI is InChI=1S/C13H11Cl2N3O/c14-11-16-12(15)18-13(17-11)19-10-7-3-5-8-4-1-2-6-9(8)10/h1-2,4,6,10H,3,5,7H2. The zero-order valence-corrected chi connectivity index (χ0v) is 11.5. The maximum Gasteiger partial charge on any atom is 0.322 e. The minimum Gasteiger partial charge on any atom is -0.455 e. The molecular formula is C13H11Cl2N3O. The molecule has 0 amide bonds. The second-order valence-corrected chi connectivity index (χ2v) is 5.03. The number of aromatic nitrogens is 3. The Kier molecular flexibility index (Phi) is 3.53. The van der Waals surface area contributed by atoms with Gasteiger partial charge in [0.15, 0.2) is 0 Å². The molecule has 0 N–H and O–H groups in total. The lowest BCUT2D eigenvalue weighted by molar-refractivity contribution is 0.167. The van der Waals surface area contributed by atoms with Crippen LogP contribution in [0.2, 0.25) is 10.6 Å². The minimum atomic E-state index is -0.0560. The van der Waals surface area contributed by atoms with E-state index in [-0.39, 0.29) is 22.7 Å². The number of hydrogen-bond acceptors (Lipinski definition) is 4. The fraction of sp³-hybridized carbons (Fsp3) is 0.308. The van der Waals surface area contributed by atoms with E-state index in [2.05, 4.69) is 27.1 Å². The van der Waals surface area contributed by atoms with Crippen LogP contribution in [-0.2, 0) is 6.42 Å². The molecular weight excluding hydrogens is 285 g/mol. The number of halogens is 2. The van der Waals surface area contributed by atoms with Crippen LogP contribution < -0.4 is 4.74 Å². The average molecular weight is 296 g/mol. The van der Waals surface area contributed by atoms with E-state index in [1.165, 1.54) is 11.1 Å². The van der Waals surface area contributed by atoms with Gasteiger partial charge in [0.25, 0.3) is 0 Å². The lowest BCUT2D eigenvalue weighted by Gasteiger charge is -2.25. The van der Waals surface area contributed by atoms with Crippen LogP contribution in [0.4, 0.5) is 0 Å². The van der Waals surface area contributed by atoms with E-state index in [9.17, 15) is 0 Å². The topological polar surface area (TPSA) is 47.9 Å². The van der Waals surface area contributed by atoms with Crippen LogP contribution >= 0.6 is 23.2 Å². The summed E-state index contributed by atoms with van der Waals surface area (Å²) in [5.74, 6) is 0. The molecule has 3 rings (SSSR count). The molecule has 1 heterocycles. The Morgan fingerprint density at radius 1 is 1.05 bits per heavy atom. The molecule has 0 saturated heterocycles. The number of ether oxygens (including phenoxy) is 1. The Balaban J connectivity index is 1.88. The van der Waals surface area contributed by atoms with Crippen molar-refractivity contribution in [3.63, 3.8) is 0 Å². The first-order chi connectivity index (χ1) is 9.22. The van der Waals surface area contributed by atoms with Gasteiger partial charge in [0, 0.05) is 0 Å². The molecule has 19 heavy (non-hydrogen) atoms. The summed E-state index contributed by atoms with van der Waals surface area (Å²) in [6, 6.07) is 8.42. The van der Waals surface area contributed by atoms with Gasteiger partial charge in [0.05, 0.1) is 0 Å². The highest BCUT2D eigenvalue weighted by molar-refractivity contribution is 6.31. The molecule has 98 valence electrons. The molecule has 1 aliphatic carbocycles. The van der Waals surface area contributed by atoms with E-state index < -0.39 is 0 Å². The van der Waals surface area contributed by atoms with Crippen molar-refractivity contribution in [1.29, 1.82) is 0 Å². The second-order valence-electron chi connectivity index (χ2n) is 4.35. The summed E-state index contributed by atoms with van der Waals surface area (Å²) in [6.07, 6.45) is 3.03. The highest BCUT2D eigenvalue weighted by Crippen LogP contribution is 2.32. The maximum absolute atomic E-state index is 5.81. The average Bonchev–Trinajstić information content (AvgIpc) is 2.38. The van der Waals surface area contributed by atoms with Crippen molar-refractivity contribution in [2.24, 2.45) is 0 Å². The Bertz CT molecular complexity index is 586. The molecule has 1 aliphatic rings. The molecule has 1 aromatic heterocycles. The van der Waals surface area contributed by atoms with Crippen molar-refractivity contribution < 1.29 is 4.74 Å². The summed E-state index contributed by atoms with van der Waals surface area (Å²) in [7, 11) is 0. The van der Waals surface area contributed by atoms with E-state index >= 15 is 0 Å². The summed E-state index contributed by atoms with van der Waals surface area (Å²) in [5.41, 5.74) is 2.49. The number of nitrogens with zero attached hydrogens (tertiary/aromatic N) is 3. The Morgan fingerprint density at radius 3 is 2.58 bits per heavy atom. The molecule has 0 bridgehead atoms. The molecule has 0 spiro atoms. The lowest BCUT2D eigenvalue weighted by atomic mass is 9.89. The summed E-state index contributed by atoms with van der Waals surface area (Å²) < 4.78 is 5.81. The highest BCUT2D eigenvalue weighted by Gasteiger charge is 2.22. The van der Waals surface area contributed by atoms with E-state index in [1.54, 1.807) is 0 Å². The van der Waals surface area contributed by atoms with Gasteiger partial charge in [-0.2, -0.15) is 15.0 Å². The number of aryl methyl sites for hydroxylation is 1. The van der Waals surface area contributed by atoms with Crippen LogP contribution in [0.15, 0.2) is 24.3 Å². The van der Waals surface area contributed by atoms with E-state index in [0.29, 0.717) is 0 Å². The molecule has 0 aliphatic heterocycles. The van der Waals surface area contributed by atoms with Crippen molar-refractivity contribution >= 4 is 23.2 Å². The SMILES string of the molecule is Clc1nc(Cl)nc(OC2CCCc3ccccc32)n1. The van der Waals surface area contributed by atoms with Gasteiger partial charge in [-0.05, 0) is 53.6 Å². The molecule has 2 aromatic rings. The quantitative estimate of drug-likeness (QED) is 0.849. The zero-order valence-electron chi connectivity index (χ0n) is 10.0. The normalized spacial score (nSPS) is 17.9. The summed E-state index contributed by atoms with van der Waals surface area (Å²) >= 11 is 11.5. The van der Waals surface area contributed by atoms with Crippen molar-refractivity contribution in [2.75, 3.05) is 0 Å². The highest BCUT2D eigenvalue weighted by atomic mass is 35.5. The van der Waals surface area contributed by atoms with Crippen molar-refractivity contribution in [2.45, 2.75) is 25.4 Å². The van der Waals surface area contributed by atoms with Gasteiger partial charge < -0.3 is 4.74 Å². The monoisotopic (exact) mass is 295 g/mol. The predicted octanol–water partition coefficient (Wildman–Crippen LogP) is 3.63. The number of rotatable bonds is 2. The molecule has 0 radical (unpaired) electrons. The third-order valence-electron chi connectivity index (χ3n) is 3.12. The van der Waals surface area contributed by atoms with E-state index in [1.807, 2.05) is 12.1 Å². The molecule has 4 nitrogen and oxygen atoms in total. The molecule has 1 aromatic carbocycles.